The number of hydrogen-bond acceptors (Lipinski definition) is 3. The van der Waals surface area contributed by atoms with E-state index in [1.807, 2.05) is 6.92 Å². The van der Waals surface area contributed by atoms with Crippen molar-refractivity contribution in [3.8, 4) is 0 Å². The average Bonchev–Trinajstić information content (AvgIpc) is 2.51. The van der Waals surface area contributed by atoms with E-state index in [-0.39, 0.29) is 4.90 Å². The molecule has 0 amide bonds. The molecular weight excluding hydrogens is 333 g/mol. The lowest BCUT2D eigenvalue weighted by molar-refractivity contribution is 0.582. The summed E-state index contributed by atoms with van der Waals surface area (Å²) in [5.41, 5.74) is 2.76. The van der Waals surface area contributed by atoms with Crippen LogP contribution in [0.25, 0.3) is 0 Å². The van der Waals surface area contributed by atoms with Gasteiger partial charge in [-0.1, -0.05) is 29.8 Å². The summed E-state index contributed by atoms with van der Waals surface area (Å²) in [6, 6.07) is 12.1. The summed E-state index contributed by atoms with van der Waals surface area (Å²) in [6.07, 6.45) is 0. The molecule has 0 atom stereocenters. The van der Waals surface area contributed by atoms with E-state index in [1.54, 1.807) is 18.7 Å². The van der Waals surface area contributed by atoms with Crippen LogP contribution < -0.4 is 4.72 Å². The SMILES string of the molecule is Cc1ccc(CSCCNS(=O)(=O)c2ccc(F)c(C)c2)cc1. The third-order valence-electron chi connectivity index (χ3n) is 3.37. The second-order valence-corrected chi connectivity index (χ2v) is 8.22. The van der Waals surface area contributed by atoms with E-state index >= 15 is 0 Å². The topological polar surface area (TPSA) is 46.2 Å². The van der Waals surface area contributed by atoms with Gasteiger partial charge in [-0.15, -0.1) is 0 Å². The van der Waals surface area contributed by atoms with Gasteiger partial charge in [-0.25, -0.2) is 17.5 Å². The predicted octanol–water partition coefficient (Wildman–Crippen LogP) is 3.65. The average molecular weight is 353 g/mol. The minimum atomic E-state index is -3.58. The van der Waals surface area contributed by atoms with Crippen LogP contribution in [0.3, 0.4) is 0 Å². The van der Waals surface area contributed by atoms with Crippen LogP contribution in [0.4, 0.5) is 4.39 Å². The van der Waals surface area contributed by atoms with Crippen LogP contribution in [0.15, 0.2) is 47.4 Å². The van der Waals surface area contributed by atoms with Gasteiger partial charge in [0.25, 0.3) is 0 Å². The Labute approximate surface area is 141 Å². The van der Waals surface area contributed by atoms with Gasteiger partial charge in [0.05, 0.1) is 4.90 Å². The minimum absolute atomic E-state index is 0.0972. The molecule has 2 aromatic rings. The number of nitrogens with one attached hydrogen (secondary N) is 1. The van der Waals surface area contributed by atoms with Crippen LogP contribution in [0.1, 0.15) is 16.7 Å². The maximum atomic E-state index is 13.2. The van der Waals surface area contributed by atoms with Gasteiger partial charge in [0.15, 0.2) is 0 Å². The van der Waals surface area contributed by atoms with E-state index < -0.39 is 15.8 Å². The maximum Gasteiger partial charge on any atom is 0.240 e. The van der Waals surface area contributed by atoms with Crippen molar-refractivity contribution in [1.82, 2.24) is 4.72 Å². The van der Waals surface area contributed by atoms with Crippen LogP contribution in [0.2, 0.25) is 0 Å². The predicted molar refractivity (Wildman–Crippen MR) is 93.7 cm³/mol. The minimum Gasteiger partial charge on any atom is -0.210 e. The van der Waals surface area contributed by atoms with Crippen LogP contribution in [-0.4, -0.2) is 20.7 Å². The van der Waals surface area contributed by atoms with Gasteiger partial charge in [0, 0.05) is 18.1 Å². The molecule has 0 aliphatic carbocycles. The summed E-state index contributed by atoms with van der Waals surface area (Å²) in [7, 11) is -3.58. The highest BCUT2D eigenvalue weighted by Gasteiger charge is 2.14. The number of halogens is 1. The van der Waals surface area contributed by atoms with Crippen LogP contribution in [0.5, 0.6) is 0 Å². The molecular formula is C17H20FNO2S2. The molecule has 2 aromatic carbocycles. The molecule has 0 bridgehead atoms. The Morgan fingerprint density at radius 1 is 1.09 bits per heavy atom. The maximum absolute atomic E-state index is 13.2. The molecule has 124 valence electrons. The van der Waals surface area contributed by atoms with Gasteiger partial charge in [0.2, 0.25) is 10.0 Å². The van der Waals surface area contributed by atoms with Gasteiger partial charge in [-0.3, -0.25) is 0 Å². The molecule has 0 saturated carbocycles. The number of sulfonamides is 1. The monoisotopic (exact) mass is 353 g/mol. The molecule has 3 nitrogen and oxygen atoms in total. The van der Waals surface area contributed by atoms with Crippen LogP contribution >= 0.6 is 11.8 Å². The first kappa shape index (κ1) is 18.0. The summed E-state index contributed by atoms with van der Waals surface area (Å²) in [5, 5.41) is 0. The smallest absolute Gasteiger partial charge is 0.210 e. The van der Waals surface area contributed by atoms with Crippen molar-refractivity contribution in [1.29, 1.82) is 0 Å². The van der Waals surface area contributed by atoms with Crippen LogP contribution in [-0.2, 0) is 15.8 Å². The number of benzene rings is 2. The quantitative estimate of drug-likeness (QED) is 0.773. The van der Waals surface area contributed by atoms with Crippen molar-refractivity contribution in [2.75, 3.05) is 12.3 Å². The number of hydrogen-bond donors (Lipinski definition) is 1. The lowest BCUT2D eigenvalue weighted by Gasteiger charge is -2.08. The molecule has 0 aromatic heterocycles. The highest BCUT2D eigenvalue weighted by Crippen LogP contribution is 2.15. The third-order valence-corrected chi connectivity index (χ3v) is 5.86. The van der Waals surface area contributed by atoms with E-state index in [4.69, 9.17) is 0 Å². The number of aryl methyl sites for hydroxylation is 2. The Morgan fingerprint density at radius 3 is 2.43 bits per heavy atom. The highest BCUT2D eigenvalue weighted by atomic mass is 32.2. The Morgan fingerprint density at radius 2 is 1.78 bits per heavy atom. The lowest BCUT2D eigenvalue weighted by Crippen LogP contribution is -2.26. The normalized spacial score (nSPS) is 11.6. The fourth-order valence-electron chi connectivity index (χ4n) is 1.99. The van der Waals surface area contributed by atoms with E-state index in [0.717, 1.165) is 5.75 Å². The van der Waals surface area contributed by atoms with E-state index in [2.05, 4.69) is 29.0 Å². The van der Waals surface area contributed by atoms with Crippen molar-refractivity contribution in [2.45, 2.75) is 24.5 Å². The molecule has 0 aliphatic rings. The zero-order valence-electron chi connectivity index (χ0n) is 13.2. The Kier molecular flexibility index (Phi) is 6.21. The Bertz CT molecular complexity index is 759. The molecule has 23 heavy (non-hydrogen) atoms. The summed E-state index contributed by atoms with van der Waals surface area (Å²) in [6.45, 7) is 3.93. The molecule has 0 aliphatic heterocycles. The van der Waals surface area contributed by atoms with Gasteiger partial charge >= 0.3 is 0 Å². The van der Waals surface area contributed by atoms with Crippen molar-refractivity contribution >= 4 is 21.8 Å². The first-order valence-corrected chi connectivity index (χ1v) is 9.91. The zero-order valence-corrected chi connectivity index (χ0v) is 14.8. The molecule has 6 heteroatoms. The van der Waals surface area contributed by atoms with E-state index in [0.29, 0.717) is 17.9 Å². The Hall–Kier alpha value is -1.37. The van der Waals surface area contributed by atoms with Gasteiger partial charge < -0.3 is 0 Å². The Balaban J connectivity index is 1.80. The van der Waals surface area contributed by atoms with Crippen molar-refractivity contribution in [3.05, 3.63) is 65.0 Å². The lowest BCUT2D eigenvalue weighted by atomic mass is 10.2. The molecule has 0 heterocycles. The first-order valence-electron chi connectivity index (χ1n) is 7.27. The zero-order chi connectivity index (χ0) is 16.9. The second-order valence-electron chi connectivity index (χ2n) is 5.35. The fraction of sp³-hybridized carbons (Fsp3) is 0.294. The molecule has 0 unspecified atom stereocenters. The van der Waals surface area contributed by atoms with Gasteiger partial charge in [0.1, 0.15) is 5.82 Å². The van der Waals surface area contributed by atoms with Gasteiger partial charge in [-0.2, -0.15) is 11.8 Å². The first-order chi connectivity index (χ1) is 10.9. The third kappa shape index (κ3) is 5.34. The molecule has 0 radical (unpaired) electrons. The summed E-state index contributed by atoms with van der Waals surface area (Å²) in [5.74, 6) is 1.11. The van der Waals surface area contributed by atoms with E-state index in [9.17, 15) is 12.8 Å². The molecule has 2 rings (SSSR count). The molecule has 0 fully saturated rings. The van der Waals surface area contributed by atoms with Crippen molar-refractivity contribution in [2.24, 2.45) is 0 Å². The van der Waals surface area contributed by atoms with Crippen molar-refractivity contribution in [3.63, 3.8) is 0 Å². The number of rotatable bonds is 7. The second kappa shape index (κ2) is 7.95. The number of thioether (sulfide) groups is 1. The summed E-state index contributed by atoms with van der Waals surface area (Å²) >= 11 is 1.67. The highest BCUT2D eigenvalue weighted by molar-refractivity contribution is 7.98. The molecule has 1 N–H and O–H groups in total. The summed E-state index contributed by atoms with van der Waals surface area (Å²) < 4.78 is 40.0. The largest absolute Gasteiger partial charge is 0.240 e. The summed E-state index contributed by atoms with van der Waals surface area (Å²) in [4.78, 5) is 0.0972. The standard InChI is InChI=1S/C17H20FNO2S2/c1-13-3-5-15(6-4-13)12-22-10-9-19-23(20,21)16-7-8-17(18)14(2)11-16/h3-8,11,19H,9-10,12H2,1-2H3. The van der Waals surface area contributed by atoms with Crippen LogP contribution in [0, 0.1) is 19.7 Å². The van der Waals surface area contributed by atoms with E-state index in [1.165, 1.54) is 29.3 Å². The van der Waals surface area contributed by atoms with Gasteiger partial charge in [-0.05, 0) is 43.2 Å². The fourth-order valence-corrected chi connectivity index (χ4v) is 4.05. The molecule has 0 saturated heterocycles. The molecule has 0 spiro atoms. The van der Waals surface area contributed by atoms with Crippen molar-refractivity contribution < 1.29 is 12.8 Å².